The smallest absolute Gasteiger partial charge is 0.181 e. The predicted molar refractivity (Wildman–Crippen MR) is 71.1 cm³/mol. The maximum absolute atomic E-state index is 8.69. The molecule has 0 atom stereocenters. The van der Waals surface area contributed by atoms with Gasteiger partial charge in [0, 0.05) is 13.1 Å². The second-order valence-electron chi connectivity index (χ2n) is 3.50. The van der Waals surface area contributed by atoms with Crippen LogP contribution in [-0.4, -0.2) is 32.0 Å². The van der Waals surface area contributed by atoms with Crippen LogP contribution in [0.3, 0.4) is 0 Å². The van der Waals surface area contributed by atoms with E-state index in [9.17, 15) is 0 Å². The molecule has 2 N–H and O–H groups in total. The van der Waals surface area contributed by atoms with Crippen molar-refractivity contribution in [3.63, 3.8) is 0 Å². The van der Waals surface area contributed by atoms with Gasteiger partial charge in [-0.1, -0.05) is 17.5 Å². The molecule has 18 heavy (non-hydrogen) atoms. The molecular weight excluding hydrogens is 254 g/mol. The fourth-order valence-electron chi connectivity index (χ4n) is 1.44. The molecule has 98 valence electrons. The molecule has 0 unspecified atom stereocenters. The molecule has 0 bridgehead atoms. The highest BCUT2D eigenvalue weighted by atomic mass is 35.5. The first-order valence-electron chi connectivity index (χ1n) is 5.47. The number of aliphatic hydroxyl groups is 1. The van der Waals surface area contributed by atoms with Crippen molar-refractivity contribution in [2.75, 3.05) is 26.9 Å². The molecule has 0 spiro atoms. The van der Waals surface area contributed by atoms with Crippen LogP contribution in [0.5, 0.6) is 11.5 Å². The third-order valence-electron chi connectivity index (χ3n) is 2.21. The molecule has 5 heteroatoms. The van der Waals surface area contributed by atoms with E-state index in [0.717, 1.165) is 5.56 Å². The van der Waals surface area contributed by atoms with Crippen LogP contribution < -0.4 is 14.8 Å². The lowest BCUT2D eigenvalue weighted by molar-refractivity contribution is 0.292. The normalized spacial score (nSPS) is 9.89. The van der Waals surface area contributed by atoms with Crippen LogP contribution in [0.25, 0.3) is 0 Å². The van der Waals surface area contributed by atoms with Gasteiger partial charge < -0.3 is 19.9 Å². The third-order valence-corrected chi connectivity index (χ3v) is 2.49. The van der Waals surface area contributed by atoms with Gasteiger partial charge in [0.25, 0.3) is 0 Å². The molecule has 1 aromatic carbocycles. The molecule has 0 aromatic heterocycles. The van der Waals surface area contributed by atoms with E-state index in [-0.39, 0.29) is 13.2 Å². The number of rotatable bonds is 7. The first-order chi connectivity index (χ1) is 8.72. The standard InChI is InChI=1S/C13H16ClNO3/c1-3-6-18-13-11(14)7-10(8-12(13)17-2)9-15-4-5-16/h1,7-8,15-16H,4-6,9H2,2H3. The minimum absolute atomic E-state index is 0.0915. The van der Waals surface area contributed by atoms with Gasteiger partial charge in [-0.2, -0.15) is 0 Å². The summed E-state index contributed by atoms with van der Waals surface area (Å²) in [6.45, 7) is 1.34. The molecule has 0 amide bonds. The van der Waals surface area contributed by atoms with Crippen LogP contribution in [0.15, 0.2) is 12.1 Å². The predicted octanol–water partition coefficient (Wildman–Crippen LogP) is 1.44. The summed E-state index contributed by atoms with van der Waals surface area (Å²) in [6.07, 6.45) is 5.14. The molecule has 0 radical (unpaired) electrons. The fraction of sp³-hybridized carbons (Fsp3) is 0.385. The summed E-state index contributed by atoms with van der Waals surface area (Å²) < 4.78 is 10.6. The van der Waals surface area contributed by atoms with E-state index in [1.165, 1.54) is 0 Å². The minimum atomic E-state index is 0.0915. The summed E-state index contributed by atoms with van der Waals surface area (Å²) in [7, 11) is 1.54. The van der Waals surface area contributed by atoms with Gasteiger partial charge in [0.05, 0.1) is 18.7 Å². The van der Waals surface area contributed by atoms with E-state index in [1.54, 1.807) is 13.2 Å². The molecule has 0 heterocycles. The van der Waals surface area contributed by atoms with Gasteiger partial charge in [-0.25, -0.2) is 0 Å². The van der Waals surface area contributed by atoms with E-state index in [2.05, 4.69) is 11.2 Å². The number of terminal acetylenes is 1. The highest BCUT2D eigenvalue weighted by molar-refractivity contribution is 6.32. The number of hydrogen-bond donors (Lipinski definition) is 2. The van der Waals surface area contributed by atoms with Crippen molar-refractivity contribution in [1.29, 1.82) is 0 Å². The highest BCUT2D eigenvalue weighted by Gasteiger charge is 2.11. The molecule has 0 saturated carbocycles. The zero-order valence-corrected chi connectivity index (χ0v) is 11.0. The summed E-state index contributed by atoms with van der Waals surface area (Å²) in [6, 6.07) is 3.60. The van der Waals surface area contributed by atoms with Crippen molar-refractivity contribution in [1.82, 2.24) is 5.32 Å². The van der Waals surface area contributed by atoms with Crippen molar-refractivity contribution in [3.05, 3.63) is 22.7 Å². The summed E-state index contributed by atoms with van der Waals surface area (Å²) in [4.78, 5) is 0. The number of methoxy groups -OCH3 is 1. The van der Waals surface area contributed by atoms with Gasteiger partial charge in [-0.15, -0.1) is 6.42 Å². The maximum atomic E-state index is 8.69. The van der Waals surface area contributed by atoms with Crippen molar-refractivity contribution in [2.45, 2.75) is 6.54 Å². The fourth-order valence-corrected chi connectivity index (χ4v) is 1.73. The highest BCUT2D eigenvalue weighted by Crippen LogP contribution is 2.36. The first kappa shape index (κ1) is 14.7. The molecule has 0 aliphatic carbocycles. The largest absolute Gasteiger partial charge is 0.493 e. The Bertz CT molecular complexity index is 429. The summed E-state index contributed by atoms with van der Waals surface area (Å²) in [5.41, 5.74) is 0.943. The molecule has 0 saturated heterocycles. The summed E-state index contributed by atoms with van der Waals surface area (Å²) >= 11 is 6.11. The quantitative estimate of drug-likeness (QED) is 0.581. The van der Waals surface area contributed by atoms with Crippen LogP contribution in [0, 0.1) is 12.3 Å². The Balaban J connectivity index is 2.85. The van der Waals surface area contributed by atoms with Crippen molar-refractivity contribution in [3.8, 4) is 23.8 Å². The van der Waals surface area contributed by atoms with E-state index in [1.807, 2.05) is 6.07 Å². The van der Waals surface area contributed by atoms with E-state index < -0.39 is 0 Å². The van der Waals surface area contributed by atoms with Gasteiger partial charge in [-0.05, 0) is 17.7 Å². The number of hydrogen-bond acceptors (Lipinski definition) is 4. The Morgan fingerprint density at radius 3 is 2.89 bits per heavy atom. The summed E-state index contributed by atoms with van der Waals surface area (Å²) in [5.74, 6) is 3.36. The molecule has 1 aromatic rings. The molecule has 4 nitrogen and oxygen atoms in total. The number of halogens is 1. The monoisotopic (exact) mass is 269 g/mol. The van der Waals surface area contributed by atoms with Gasteiger partial charge in [0.15, 0.2) is 11.5 Å². The summed E-state index contributed by atoms with van der Waals surface area (Å²) in [5, 5.41) is 12.2. The average Bonchev–Trinajstić information content (AvgIpc) is 2.37. The second-order valence-corrected chi connectivity index (χ2v) is 3.91. The lowest BCUT2D eigenvalue weighted by Crippen LogP contribution is -2.17. The van der Waals surface area contributed by atoms with Gasteiger partial charge >= 0.3 is 0 Å². The Kier molecular flexibility index (Phi) is 6.37. The molecule has 0 fully saturated rings. The van der Waals surface area contributed by atoms with E-state index >= 15 is 0 Å². The van der Waals surface area contributed by atoms with Gasteiger partial charge in [0.1, 0.15) is 6.61 Å². The Labute approximate surface area is 112 Å². The number of nitrogens with one attached hydrogen (secondary N) is 1. The SMILES string of the molecule is C#CCOc1c(Cl)cc(CNCCO)cc1OC. The molecule has 1 rings (SSSR count). The Morgan fingerprint density at radius 1 is 1.50 bits per heavy atom. The molecule has 0 aliphatic heterocycles. The Hall–Kier alpha value is -1.41. The lowest BCUT2D eigenvalue weighted by atomic mass is 10.2. The zero-order valence-electron chi connectivity index (χ0n) is 10.2. The maximum Gasteiger partial charge on any atom is 0.181 e. The molecule has 0 aliphatic rings. The first-order valence-corrected chi connectivity index (χ1v) is 5.85. The van der Waals surface area contributed by atoms with Crippen LogP contribution in [-0.2, 0) is 6.54 Å². The third kappa shape index (κ3) is 4.11. The van der Waals surface area contributed by atoms with Crippen LogP contribution in [0.2, 0.25) is 5.02 Å². The zero-order chi connectivity index (χ0) is 13.4. The van der Waals surface area contributed by atoms with Crippen molar-refractivity contribution < 1.29 is 14.6 Å². The van der Waals surface area contributed by atoms with Crippen LogP contribution in [0.1, 0.15) is 5.56 Å². The number of ether oxygens (including phenoxy) is 2. The van der Waals surface area contributed by atoms with Gasteiger partial charge in [-0.3, -0.25) is 0 Å². The minimum Gasteiger partial charge on any atom is -0.493 e. The average molecular weight is 270 g/mol. The lowest BCUT2D eigenvalue weighted by Gasteiger charge is -2.13. The Morgan fingerprint density at radius 2 is 2.28 bits per heavy atom. The van der Waals surface area contributed by atoms with Gasteiger partial charge in [0.2, 0.25) is 0 Å². The number of benzene rings is 1. The van der Waals surface area contributed by atoms with Crippen LogP contribution >= 0.6 is 11.6 Å². The van der Waals surface area contributed by atoms with Crippen molar-refractivity contribution >= 4 is 11.6 Å². The topological polar surface area (TPSA) is 50.7 Å². The van der Waals surface area contributed by atoms with E-state index in [4.69, 9.17) is 32.6 Å². The van der Waals surface area contributed by atoms with E-state index in [0.29, 0.717) is 29.6 Å². The molecular formula is C13H16ClNO3. The number of aliphatic hydroxyl groups excluding tert-OH is 1. The second kappa shape index (κ2) is 7.83. The van der Waals surface area contributed by atoms with Crippen LogP contribution in [0.4, 0.5) is 0 Å². The van der Waals surface area contributed by atoms with Crippen molar-refractivity contribution in [2.24, 2.45) is 0 Å².